The van der Waals surface area contributed by atoms with Gasteiger partial charge in [0, 0.05) is 18.8 Å². The largest absolute Gasteiger partial charge is 0.344 e. The van der Waals surface area contributed by atoms with Crippen LogP contribution in [0.15, 0.2) is 43.0 Å². The highest BCUT2D eigenvalue weighted by molar-refractivity contribution is 5.81. The minimum Gasteiger partial charge on any atom is -0.344 e. The summed E-state index contributed by atoms with van der Waals surface area (Å²) in [5.74, 6) is 5.44. The zero-order valence-electron chi connectivity index (χ0n) is 11.5. The predicted molar refractivity (Wildman–Crippen MR) is 77.8 cm³/mol. The summed E-state index contributed by atoms with van der Waals surface area (Å²) in [4.78, 5) is 16.7. The molecule has 0 saturated heterocycles. The Morgan fingerprint density at radius 1 is 1.42 bits per heavy atom. The molecule has 0 aliphatic carbocycles. The van der Waals surface area contributed by atoms with Crippen LogP contribution >= 0.6 is 0 Å². The Morgan fingerprint density at radius 3 is 2.58 bits per heavy atom. The molecule has 19 heavy (non-hydrogen) atoms. The Bertz CT molecular complexity index is 379. The summed E-state index contributed by atoms with van der Waals surface area (Å²) in [6.07, 6.45) is 3.27. The van der Waals surface area contributed by atoms with Crippen molar-refractivity contribution in [1.82, 2.24) is 6.15 Å². The van der Waals surface area contributed by atoms with E-state index in [-0.39, 0.29) is 24.0 Å². The van der Waals surface area contributed by atoms with Gasteiger partial charge in [-0.25, -0.2) is 5.90 Å². The van der Waals surface area contributed by atoms with Crippen molar-refractivity contribution in [3.63, 3.8) is 0 Å². The molecule has 4 nitrogen and oxygen atoms in total. The van der Waals surface area contributed by atoms with E-state index in [0.717, 1.165) is 12.0 Å². The second-order valence-corrected chi connectivity index (χ2v) is 4.54. The highest BCUT2D eigenvalue weighted by Crippen LogP contribution is 2.15. The van der Waals surface area contributed by atoms with Gasteiger partial charge in [-0.15, -0.1) is 6.58 Å². The molecule has 0 radical (unpaired) electrons. The molecule has 4 heteroatoms. The number of allylic oxidation sites excluding steroid dienone is 1. The highest BCUT2D eigenvalue weighted by atomic mass is 16.6. The molecule has 0 heterocycles. The van der Waals surface area contributed by atoms with Crippen molar-refractivity contribution in [2.45, 2.75) is 32.3 Å². The van der Waals surface area contributed by atoms with Gasteiger partial charge in [0.2, 0.25) is 0 Å². The molecule has 0 aromatic heterocycles. The van der Waals surface area contributed by atoms with E-state index >= 15 is 0 Å². The first kappa shape index (κ1) is 17.5. The van der Waals surface area contributed by atoms with Crippen LogP contribution in [0.3, 0.4) is 0 Å². The summed E-state index contributed by atoms with van der Waals surface area (Å²) in [6, 6.07) is 9.99. The lowest BCUT2D eigenvalue weighted by Gasteiger charge is -2.18. The Hall–Kier alpha value is -1.49. The molecule has 0 aliphatic rings. The van der Waals surface area contributed by atoms with Gasteiger partial charge >= 0.3 is 0 Å². The van der Waals surface area contributed by atoms with Gasteiger partial charge in [0.05, 0.1) is 6.10 Å². The van der Waals surface area contributed by atoms with Crippen LogP contribution in [0.25, 0.3) is 0 Å². The van der Waals surface area contributed by atoms with Crippen molar-refractivity contribution in [1.29, 1.82) is 0 Å². The van der Waals surface area contributed by atoms with E-state index in [1.807, 2.05) is 37.3 Å². The summed E-state index contributed by atoms with van der Waals surface area (Å²) in [5, 5.41) is 0. The minimum atomic E-state index is -0.129. The normalized spacial score (nSPS) is 13.2. The third-order valence-corrected chi connectivity index (χ3v) is 3.01. The maximum atomic E-state index is 11.7. The lowest BCUT2D eigenvalue weighted by atomic mass is 9.94. The number of nitrogens with two attached hydrogens (primary N) is 1. The SMILES string of the molecule is C=CCC(=O)C(C)CC(Cc1ccccc1)ON.N. The average Bonchev–Trinajstić information content (AvgIpc) is 2.39. The molecule has 0 saturated carbocycles. The summed E-state index contributed by atoms with van der Waals surface area (Å²) >= 11 is 0. The Kier molecular flexibility index (Phi) is 8.70. The highest BCUT2D eigenvalue weighted by Gasteiger charge is 2.18. The van der Waals surface area contributed by atoms with Crippen LogP contribution in [0.4, 0.5) is 0 Å². The second-order valence-electron chi connectivity index (χ2n) is 4.54. The number of carbonyl (C=O) groups is 1. The molecule has 0 aliphatic heterocycles. The van der Waals surface area contributed by atoms with Crippen molar-refractivity contribution in [3.8, 4) is 0 Å². The van der Waals surface area contributed by atoms with Crippen LogP contribution in [0.2, 0.25) is 0 Å². The quantitative estimate of drug-likeness (QED) is 0.558. The lowest BCUT2D eigenvalue weighted by Crippen LogP contribution is -2.25. The number of Topliss-reactive ketones (excluding diaryl/α,β-unsaturated/α-hetero) is 1. The summed E-state index contributed by atoms with van der Waals surface area (Å²) in [7, 11) is 0. The van der Waals surface area contributed by atoms with Gasteiger partial charge < -0.3 is 11.0 Å². The Balaban J connectivity index is 0.00000324. The summed E-state index contributed by atoms with van der Waals surface area (Å²) in [5.41, 5.74) is 1.16. The Labute approximate surface area is 115 Å². The van der Waals surface area contributed by atoms with Crippen molar-refractivity contribution in [3.05, 3.63) is 48.6 Å². The molecule has 0 spiro atoms. The smallest absolute Gasteiger partial charge is 0.139 e. The van der Waals surface area contributed by atoms with Crippen LogP contribution < -0.4 is 12.0 Å². The van der Waals surface area contributed by atoms with E-state index in [0.29, 0.717) is 12.8 Å². The van der Waals surface area contributed by atoms with E-state index in [2.05, 4.69) is 6.58 Å². The molecule has 2 atom stereocenters. The van der Waals surface area contributed by atoms with Gasteiger partial charge in [0.25, 0.3) is 0 Å². The number of hydrogen-bond acceptors (Lipinski definition) is 4. The van der Waals surface area contributed by atoms with Crippen LogP contribution in [0.5, 0.6) is 0 Å². The molecule has 1 aromatic rings. The maximum Gasteiger partial charge on any atom is 0.139 e. The first-order chi connectivity index (χ1) is 8.67. The van der Waals surface area contributed by atoms with Crippen LogP contribution in [0.1, 0.15) is 25.3 Å². The van der Waals surface area contributed by atoms with Gasteiger partial charge in [-0.3, -0.25) is 4.79 Å². The molecule has 0 bridgehead atoms. The second kappa shape index (κ2) is 9.44. The minimum absolute atomic E-state index is 0. The average molecular weight is 264 g/mol. The molecule has 0 fully saturated rings. The van der Waals surface area contributed by atoms with E-state index in [1.165, 1.54) is 0 Å². The number of carbonyl (C=O) groups excluding carboxylic acids is 1. The number of ketones is 1. The van der Waals surface area contributed by atoms with Crippen LogP contribution in [-0.2, 0) is 16.1 Å². The lowest BCUT2D eigenvalue weighted by molar-refractivity contribution is -0.122. The number of rotatable bonds is 8. The third-order valence-electron chi connectivity index (χ3n) is 3.01. The zero-order chi connectivity index (χ0) is 13.4. The molecular formula is C15H24N2O2. The molecule has 0 amide bonds. The monoisotopic (exact) mass is 264 g/mol. The van der Waals surface area contributed by atoms with Crippen LogP contribution in [-0.4, -0.2) is 11.9 Å². The fourth-order valence-electron chi connectivity index (χ4n) is 1.93. The number of benzene rings is 1. The molecular weight excluding hydrogens is 240 g/mol. The summed E-state index contributed by atoms with van der Waals surface area (Å²) < 4.78 is 0. The van der Waals surface area contributed by atoms with Crippen molar-refractivity contribution >= 4 is 5.78 Å². The van der Waals surface area contributed by atoms with Gasteiger partial charge in [-0.05, 0) is 12.0 Å². The Morgan fingerprint density at radius 2 is 2.05 bits per heavy atom. The van der Waals surface area contributed by atoms with E-state index in [1.54, 1.807) is 6.08 Å². The van der Waals surface area contributed by atoms with Crippen molar-refractivity contribution in [2.75, 3.05) is 0 Å². The fraction of sp³-hybridized carbons (Fsp3) is 0.400. The summed E-state index contributed by atoms with van der Waals surface area (Å²) in [6.45, 7) is 5.48. The van der Waals surface area contributed by atoms with E-state index in [9.17, 15) is 4.79 Å². The first-order valence-electron chi connectivity index (χ1n) is 6.20. The van der Waals surface area contributed by atoms with Gasteiger partial charge in [0.1, 0.15) is 5.78 Å². The molecule has 1 rings (SSSR count). The molecule has 1 aromatic carbocycles. The molecule has 106 valence electrons. The predicted octanol–water partition coefficient (Wildman–Crippen LogP) is 2.82. The first-order valence-corrected chi connectivity index (χ1v) is 6.20. The van der Waals surface area contributed by atoms with Gasteiger partial charge in [0.15, 0.2) is 0 Å². The van der Waals surface area contributed by atoms with E-state index < -0.39 is 0 Å². The zero-order valence-corrected chi connectivity index (χ0v) is 11.5. The van der Waals surface area contributed by atoms with Gasteiger partial charge in [-0.1, -0.05) is 43.3 Å². The molecule has 5 N–H and O–H groups in total. The fourth-order valence-corrected chi connectivity index (χ4v) is 1.93. The van der Waals surface area contributed by atoms with Crippen molar-refractivity contribution in [2.24, 2.45) is 11.8 Å². The maximum absolute atomic E-state index is 11.7. The van der Waals surface area contributed by atoms with E-state index in [4.69, 9.17) is 10.7 Å². The third kappa shape index (κ3) is 6.29. The molecule has 2 unspecified atom stereocenters. The number of hydrogen-bond donors (Lipinski definition) is 2. The van der Waals surface area contributed by atoms with Gasteiger partial charge in [-0.2, -0.15) is 0 Å². The van der Waals surface area contributed by atoms with Crippen LogP contribution in [0, 0.1) is 5.92 Å². The van der Waals surface area contributed by atoms with Crippen molar-refractivity contribution < 1.29 is 9.63 Å². The standard InChI is InChI=1S/C15H21NO2.H3N/c1-3-7-15(17)12(2)10-14(18-16)11-13-8-5-4-6-9-13;/h3-6,8-9,12,14H,1,7,10-11,16H2,2H3;1H3. The topological polar surface area (TPSA) is 87.3 Å².